The Hall–Kier alpha value is -2.93. The molecule has 0 unspecified atom stereocenters. The van der Waals surface area contributed by atoms with Gasteiger partial charge in [-0.25, -0.2) is 9.97 Å². The Balaban J connectivity index is 1.56. The number of aromatic amines is 1. The second-order valence-corrected chi connectivity index (χ2v) is 8.14. The number of carbonyl (C=O) groups excluding carboxylic acids is 1. The smallest absolute Gasteiger partial charge is 0.275 e. The van der Waals surface area contributed by atoms with Gasteiger partial charge < -0.3 is 14.9 Å². The van der Waals surface area contributed by atoms with Gasteiger partial charge in [0.2, 0.25) is 0 Å². The van der Waals surface area contributed by atoms with Gasteiger partial charge in [-0.3, -0.25) is 4.79 Å². The van der Waals surface area contributed by atoms with Crippen molar-refractivity contribution >= 4 is 34.0 Å². The highest BCUT2D eigenvalue weighted by Gasteiger charge is 2.17. The van der Waals surface area contributed by atoms with Gasteiger partial charge in [-0.1, -0.05) is 13.8 Å². The van der Waals surface area contributed by atoms with Crippen LogP contribution < -0.4 is 5.32 Å². The monoisotopic (exact) mass is 379 g/mol. The van der Waals surface area contributed by atoms with E-state index in [-0.39, 0.29) is 5.91 Å². The molecule has 0 aliphatic carbocycles. The highest BCUT2D eigenvalue weighted by molar-refractivity contribution is 7.14. The van der Waals surface area contributed by atoms with Crippen molar-refractivity contribution in [2.75, 3.05) is 5.32 Å². The number of hydrogen-bond acceptors (Lipinski definition) is 4. The Morgan fingerprint density at radius 3 is 2.78 bits per heavy atom. The summed E-state index contributed by atoms with van der Waals surface area (Å²) in [6.07, 6.45) is 4.73. The van der Waals surface area contributed by atoms with Crippen molar-refractivity contribution in [3.63, 3.8) is 0 Å². The van der Waals surface area contributed by atoms with Gasteiger partial charge in [0, 0.05) is 29.4 Å². The molecule has 0 radical (unpaired) electrons. The summed E-state index contributed by atoms with van der Waals surface area (Å²) in [5.74, 6) is 1.30. The van der Waals surface area contributed by atoms with E-state index < -0.39 is 0 Å². The zero-order valence-electron chi connectivity index (χ0n) is 15.5. The summed E-state index contributed by atoms with van der Waals surface area (Å²) >= 11 is 1.50. The summed E-state index contributed by atoms with van der Waals surface area (Å²) in [7, 11) is 0. The Bertz CT molecular complexity index is 1090. The molecule has 0 bridgehead atoms. The maximum absolute atomic E-state index is 12.7. The number of H-pyrrole nitrogens is 1. The van der Waals surface area contributed by atoms with Crippen LogP contribution in [0.25, 0.3) is 16.2 Å². The third-order valence-corrected chi connectivity index (χ3v) is 5.20. The number of rotatable bonds is 5. The van der Waals surface area contributed by atoms with Crippen LogP contribution in [0, 0.1) is 12.8 Å². The summed E-state index contributed by atoms with van der Waals surface area (Å²) < 4.78 is 1.90. The first-order valence-electron chi connectivity index (χ1n) is 8.90. The van der Waals surface area contributed by atoms with Gasteiger partial charge in [0.05, 0.1) is 11.0 Å². The molecule has 7 heteroatoms. The number of nitrogens with zero attached hydrogens (tertiary/aromatic N) is 3. The number of carbonyl (C=O) groups is 1. The normalized spacial score (nSPS) is 11.4. The second kappa shape index (κ2) is 7.00. The number of aromatic nitrogens is 4. The quantitative estimate of drug-likeness (QED) is 0.533. The fraction of sp³-hybridized carbons (Fsp3) is 0.250. The predicted octanol–water partition coefficient (Wildman–Crippen LogP) is 4.57. The van der Waals surface area contributed by atoms with Gasteiger partial charge in [0.15, 0.2) is 5.13 Å². The molecule has 1 aromatic carbocycles. The zero-order valence-corrected chi connectivity index (χ0v) is 16.3. The Kier molecular flexibility index (Phi) is 4.53. The highest BCUT2D eigenvalue weighted by Crippen LogP contribution is 2.23. The van der Waals surface area contributed by atoms with E-state index >= 15 is 0 Å². The zero-order chi connectivity index (χ0) is 19.0. The molecule has 0 aliphatic rings. The van der Waals surface area contributed by atoms with E-state index in [1.807, 2.05) is 54.2 Å². The van der Waals surface area contributed by atoms with Crippen LogP contribution >= 0.6 is 11.3 Å². The van der Waals surface area contributed by atoms with E-state index in [0.29, 0.717) is 11.6 Å². The van der Waals surface area contributed by atoms with E-state index in [2.05, 4.69) is 34.1 Å². The third-order valence-electron chi connectivity index (χ3n) is 4.22. The van der Waals surface area contributed by atoms with Gasteiger partial charge in [0.1, 0.15) is 11.5 Å². The lowest BCUT2D eigenvalue weighted by atomic mass is 10.1. The molecule has 4 rings (SSSR count). The number of thiazole rings is 1. The van der Waals surface area contributed by atoms with Crippen molar-refractivity contribution < 1.29 is 4.79 Å². The second-order valence-electron chi connectivity index (χ2n) is 6.96. The van der Waals surface area contributed by atoms with Crippen LogP contribution in [0.4, 0.5) is 5.69 Å². The van der Waals surface area contributed by atoms with Gasteiger partial charge in [-0.15, -0.1) is 11.3 Å². The molecular weight excluding hydrogens is 358 g/mol. The van der Waals surface area contributed by atoms with E-state index in [1.54, 1.807) is 0 Å². The summed E-state index contributed by atoms with van der Waals surface area (Å²) in [5.41, 5.74) is 3.01. The Morgan fingerprint density at radius 1 is 1.26 bits per heavy atom. The minimum Gasteiger partial charge on any atom is -0.342 e. The molecule has 3 heterocycles. The number of aryl methyl sites for hydroxylation is 1. The molecular formula is C20H21N5OS. The van der Waals surface area contributed by atoms with Crippen LogP contribution in [0.2, 0.25) is 0 Å². The van der Waals surface area contributed by atoms with E-state index in [0.717, 1.165) is 39.0 Å². The minimum atomic E-state index is -0.205. The maximum Gasteiger partial charge on any atom is 0.275 e. The van der Waals surface area contributed by atoms with Gasteiger partial charge in [-0.2, -0.15) is 0 Å². The Morgan fingerprint density at radius 2 is 2.04 bits per heavy atom. The molecule has 0 atom stereocenters. The summed E-state index contributed by atoms with van der Waals surface area (Å²) in [4.78, 5) is 26.0. The van der Waals surface area contributed by atoms with Crippen LogP contribution in [-0.4, -0.2) is 25.4 Å². The van der Waals surface area contributed by atoms with Crippen LogP contribution in [0.1, 0.15) is 35.0 Å². The minimum absolute atomic E-state index is 0.205. The van der Waals surface area contributed by atoms with Crippen molar-refractivity contribution in [3.05, 3.63) is 59.1 Å². The number of fused-ring (bicyclic) bond motifs is 1. The number of amides is 1. The van der Waals surface area contributed by atoms with Crippen molar-refractivity contribution in [2.45, 2.75) is 27.2 Å². The lowest BCUT2D eigenvalue weighted by molar-refractivity contribution is 0.102. The van der Waals surface area contributed by atoms with E-state index in [1.165, 1.54) is 11.3 Å². The van der Waals surface area contributed by atoms with Crippen molar-refractivity contribution in [3.8, 4) is 5.13 Å². The lowest BCUT2D eigenvalue weighted by Crippen LogP contribution is -2.13. The standard InChI is InChI=1S/C20H21N5OS/c1-12(2)10-17-22-15-7-6-14(11-16(15)23-17)21-19(26)18-13(3)27-20(24-18)25-8-4-5-9-25/h4-9,11-12H,10H2,1-3H3,(H,21,26)(H,22,23). The largest absolute Gasteiger partial charge is 0.342 e. The maximum atomic E-state index is 12.7. The van der Waals surface area contributed by atoms with Crippen molar-refractivity contribution in [2.24, 2.45) is 5.92 Å². The lowest BCUT2D eigenvalue weighted by Gasteiger charge is -2.04. The molecule has 3 aromatic heterocycles. The van der Waals surface area contributed by atoms with Crippen molar-refractivity contribution in [1.82, 2.24) is 19.5 Å². The fourth-order valence-corrected chi connectivity index (χ4v) is 3.85. The number of hydrogen-bond donors (Lipinski definition) is 2. The van der Waals surface area contributed by atoms with Gasteiger partial charge >= 0.3 is 0 Å². The first-order chi connectivity index (χ1) is 13.0. The number of anilines is 1. The van der Waals surface area contributed by atoms with E-state index in [4.69, 9.17) is 0 Å². The molecule has 0 saturated carbocycles. The number of benzene rings is 1. The van der Waals surface area contributed by atoms with Crippen LogP contribution in [0.15, 0.2) is 42.7 Å². The summed E-state index contributed by atoms with van der Waals surface area (Å²) in [5, 5.41) is 3.73. The molecule has 2 N–H and O–H groups in total. The van der Waals surface area contributed by atoms with Gasteiger partial charge in [-0.05, 0) is 43.2 Å². The molecule has 4 aromatic rings. The molecule has 138 valence electrons. The first kappa shape index (κ1) is 17.5. The summed E-state index contributed by atoms with van der Waals surface area (Å²) in [6.45, 7) is 6.24. The molecule has 6 nitrogen and oxygen atoms in total. The van der Waals surface area contributed by atoms with Crippen LogP contribution in [0.5, 0.6) is 0 Å². The molecule has 0 spiro atoms. The van der Waals surface area contributed by atoms with Crippen LogP contribution in [-0.2, 0) is 6.42 Å². The molecule has 0 fully saturated rings. The molecule has 0 saturated heterocycles. The third kappa shape index (κ3) is 3.64. The fourth-order valence-electron chi connectivity index (χ4n) is 2.98. The molecule has 27 heavy (non-hydrogen) atoms. The SMILES string of the molecule is Cc1sc(-n2cccc2)nc1C(=O)Nc1ccc2nc(CC(C)C)[nH]c2c1. The number of nitrogens with one attached hydrogen (secondary N) is 2. The molecule has 1 amide bonds. The topological polar surface area (TPSA) is 75.6 Å². The van der Waals surface area contributed by atoms with Crippen molar-refractivity contribution in [1.29, 1.82) is 0 Å². The summed E-state index contributed by atoms with van der Waals surface area (Å²) in [6, 6.07) is 9.57. The number of imidazole rings is 1. The average molecular weight is 379 g/mol. The average Bonchev–Trinajstić information content (AvgIpc) is 3.32. The van der Waals surface area contributed by atoms with Crippen LogP contribution in [0.3, 0.4) is 0 Å². The Labute approximate surface area is 161 Å². The highest BCUT2D eigenvalue weighted by atomic mass is 32.1. The van der Waals surface area contributed by atoms with Gasteiger partial charge in [0.25, 0.3) is 5.91 Å². The molecule has 0 aliphatic heterocycles. The predicted molar refractivity (Wildman–Crippen MR) is 109 cm³/mol. The first-order valence-corrected chi connectivity index (χ1v) is 9.72. The van der Waals surface area contributed by atoms with E-state index in [9.17, 15) is 4.79 Å².